The summed E-state index contributed by atoms with van der Waals surface area (Å²) in [4.78, 5) is 22.3. The van der Waals surface area contributed by atoms with Gasteiger partial charge in [0.05, 0.1) is 0 Å². The molecule has 4 heteroatoms. The summed E-state index contributed by atoms with van der Waals surface area (Å²) in [7, 11) is 0. The Bertz CT molecular complexity index is 427. The Hall–Kier alpha value is -1.84. The summed E-state index contributed by atoms with van der Waals surface area (Å²) in [5, 5.41) is 5.37. The van der Waals surface area contributed by atoms with Crippen LogP contribution in [0.1, 0.15) is 28.4 Å². The Kier molecular flexibility index (Phi) is 4.69. The summed E-state index contributed by atoms with van der Waals surface area (Å²) >= 11 is 0. The zero-order chi connectivity index (χ0) is 12.8. The minimum absolute atomic E-state index is 0.0922. The number of amides is 2. The predicted molar refractivity (Wildman–Crippen MR) is 66.9 cm³/mol. The van der Waals surface area contributed by atoms with Crippen LogP contribution in [0.3, 0.4) is 0 Å². The monoisotopic (exact) mass is 234 g/mol. The van der Waals surface area contributed by atoms with Crippen LogP contribution in [0.2, 0.25) is 0 Å². The molecule has 2 N–H and O–H groups in total. The molecule has 92 valence electrons. The van der Waals surface area contributed by atoms with Gasteiger partial charge in [-0.2, -0.15) is 0 Å². The van der Waals surface area contributed by atoms with Crippen LogP contribution in [0.5, 0.6) is 0 Å². The van der Waals surface area contributed by atoms with Crippen LogP contribution in [0.4, 0.5) is 0 Å². The van der Waals surface area contributed by atoms with E-state index in [9.17, 15) is 9.59 Å². The van der Waals surface area contributed by atoms with Crippen molar-refractivity contribution in [3.63, 3.8) is 0 Å². The lowest BCUT2D eigenvalue weighted by Crippen LogP contribution is -2.33. The highest BCUT2D eigenvalue weighted by Gasteiger charge is 2.05. The number of rotatable bonds is 4. The number of aryl methyl sites for hydroxylation is 2. The number of benzene rings is 1. The van der Waals surface area contributed by atoms with E-state index in [-0.39, 0.29) is 11.8 Å². The van der Waals surface area contributed by atoms with Crippen molar-refractivity contribution in [2.45, 2.75) is 20.8 Å². The molecular weight excluding hydrogens is 216 g/mol. The van der Waals surface area contributed by atoms with Gasteiger partial charge in [-0.1, -0.05) is 6.07 Å². The zero-order valence-corrected chi connectivity index (χ0v) is 10.5. The predicted octanol–water partition coefficient (Wildman–Crippen LogP) is 1.17. The first kappa shape index (κ1) is 13.2. The van der Waals surface area contributed by atoms with Crippen molar-refractivity contribution in [2.75, 3.05) is 13.1 Å². The Labute approximate surface area is 101 Å². The molecule has 0 aliphatic rings. The molecule has 0 radical (unpaired) electrons. The lowest BCUT2D eigenvalue weighted by Gasteiger charge is -2.07. The molecule has 0 aliphatic heterocycles. The van der Waals surface area contributed by atoms with Crippen LogP contribution in [0.25, 0.3) is 0 Å². The Morgan fingerprint density at radius 2 is 1.71 bits per heavy atom. The van der Waals surface area contributed by atoms with E-state index in [1.807, 2.05) is 26.0 Å². The maximum atomic E-state index is 11.7. The van der Waals surface area contributed by atoms with E-state index in [0.29, 0.717) is 18.7 Å². The third-order valence-corrected chi connectivity index (χ3v) is 2.55. The van der Waals surface area contributed by atoms with Crippen LogP contribution >= 0.6 is 0 Å². The van der Waals surface area contributed by atoms with Gasteiger partial charge in [-0.3, -0.25) is 9.59 Å². The highest BCUT2D eigenvalue weighted by Crippen LogP contribution is 2.09. The lowest BCUT2D eigenvalue weighted by molar-refractivity contribution is -0.118. The second kappa shape index (κ2) is 6.03. The van der Waals surface area contributed by atoms with Crippen LogP contribution in [-0.4, -0.2) is 24.9 Å². The van der Waals surface area contributed by atoms with Gasteiger partial charge in [-0.25, -0.2) is 0 Å². The van der Waals surface area contributed by atoms with Gasteiger partial charge in [-0.05, 0) is 37.1 Å². The number of nitrogens with one attached hydrogen (secondary N) is 2. The molecule has 0 unspecified atom stereocenters. The van der Waals surface area contributed by atoms with Crippen molar-refractivity contribution < 1.29 is 9.59 Å². The number of hydrogen-bond acceptors (Lipinski definition) is 2. The van der Waals surface area contributed by atoms with Gasteiger partial charge < -0.3 is 10.6 Å². The first-order chi connectivity index (χ1) is 8.00. The molecule has 1 aromatic carbocycles. The molecule has 4 nitrogen and oxygen atoms in total. The van der Waals surface area contributed by atoms with E-state index in [2.05, 4.69) is 10.6 Å². The molecule has 0 spiro atoms. The number of carbonyl (C=O) groups excluding carboxylic acids is 2. The van der Waals surface area contributed by atoms with Gasteiger partial charge in [0.1, 0.15) is 0 Å². The SMILES string of the molecule is CC(=O)NCCNC(=O)c1ccc(C)c(C)c1. The van der Waals surface area contributed by atoms with Crippen molar-refractivity contribution in [1.29, 1.82) is 0 Å². The average Bonchev–Trinajstić information content (AvgIpc) is 2.27. The van der Waals surface area contributed by atoms with Crippen molar-refractivity contribution in [2.24, 2.45) is 0 Å². The van der Waals surface area contributed by atoms with Crippen molar-refractivity contribution in [3.05, 3.63) is 34.9 Å². The fourth-order valence-corrected chi connectivity index (χ4v) is 1.40. The molecule has 0 aromatic heterocycles. The molecule has 1 rings (SSSR count). The topological polar surface area (TPSA) is 58.2 Å². The van der Waals surface area contributed by atoms with Crippen molar-refractivity contribution in [1.82, 2.24) is 10.6 Å². The number of hydrogen-bond donors (Lipinski definition) is 2. The van der Waals surface area contributed by atoms with Gasteiger partial charge in [0.25, 0.3) is 5.91 Å². The van der Waals surface area contributed by atoms with E-state index in [4.69, 9.17) is 0 Å². The van der Waals surface area contributed by atoms with E-state index in [1.165, 1.54) is 12.5 Å². The molecule has 0 atom stereocenters. The quantitative estimate of drug-likeness (QED) is 0.768. The summed E-state index contributed by atoms with van der Waals surface area (Å²) in [6.45, 7) is 6.32. The van der Waals surface area contributed by atoms with Crippen LogP contribution in [0, 0.1) is 13.8 Å². The molecular formula is C13H18N2O2. The molecule has 2 amide bonds. The van der Waals surface area contributed by atoms with E-state index in [1.54, 1.807) is 6.07 Å². The molecule has 0 aliphatic carbocycles. The highest BCUT2D eigenvalue weighted by atomic mass is 16.2. The largest absolute Gasteiger partial charge is 0.355 e. The summed E-state index contributed by atoms with van der Waals surface area (Å²) in [5.41, 5.74) is 2.91. The van der Waals surface area contributed by atoms with Gasteiger partial charge in [0.15, 0.2) is 0 Å². The zero-order valence-electron chi connectivity index (χ0n) is 10.5. The Morgan fingerprint density at radius 1 is 1.06 bits per heavy atom. The minimum Gasteiger partial charge on any atom is -0.355 e. The third-order valence-electron chi connectivity index (χ3n) is 2.55. The molecule has 0 fully saturated rings. The maximum Gasteiger partial charge on any atom is 0.251 e. The fourth-order valence-electron chi connectivity index (χ4n) is 1.40. The first-order valence-electron chi connectivity index (χ1n) is 5.60. The summed E-state index contributed by atoms with van der Waals surface area (Å²) < 4.78 is 0. The van der Waals surface area contributed by atoms with E-state index < -0.39 is 0 Å². The van der Waals surface area contributed by atoms with Gasteiger partial charge in [-0.15, -0.1) is 0 Å². The molecule has 0 saturated heterocycles. The third kappa shape index (κ3) is 4.26. The number of carbonyl (C=O) groups is 2. The van der Waals surface area contributed by atoms with E-state index >= 15 is 0 Å². The second-order valence-electron chi connectivity index (χ2n) is 4.04. The smallest absolute Gasteiger partial charge is 0.251 e. The fraction of sp³-hybridized carbons (Fsp3) is 0.385. The Morgan fingerprint density at radius 3 is 2.29 bits per heavy atom. The minimum atomic E-state index is -0.113. The highest BCUT2D eigenvalue weighted by molar-refractivity contribution is 5.94. The van der Waals surface area contributed by atoms with Gasteiger partial charge >= 0.3 is 0 Å². The van der Waals surface area contributed by atoms with Crippen molar-refractivity contribution >= 4 is 11.8 Å². The van der Waals surface area contributed by atoms with Gasteiger partial charge in [0.2, 0.25) is 5.91 Å². The first-order valence-corrected chi connectivity index (χ1v) is 5.60. The molecule has 17 heavy (non-hydrogen) atoms. The van der Waals surface area contributed by atoms with Crippen LogP contribution in [0.15, 0.2) is 18.2 Å². The normalized spacial score (nSPS) is 9.82. The van der Waals surface area contributed by atoms with Crippen molar-refractivity contribution in [3.8, 4) is 0 Å². The Balaban J connectivity index is 2.47. The maximum absolute atomic E-state index is 11.7. The molecule has 0 heterocycles. The molecule has 1 aromatic rings. The van der Waals surface area contributed by atoms with Gasteiger partial charge in [0, 0.05) is 25.6 Å². The summed E-state index contributed by atoms with van der Waals surface area (Å²) in [5.74, 6) is -0.205. The molecule has 0 bridgehead atoms. The summed E-state index contributed by atoms with van der Waals surface area (Å²) in [6, 6.07) is 5.59. The summed E-state index contributed by atoms with van der Waals surface area (Å²) in [6.07, 6.45) is 0. The standard InChI is InChI=1S/C13H18N2O2/c1-9-4-5-12(8-10(9)2)13(17)15-7-6-14-11(3)16/h4-5,8H,6-7H2,1-3H3,(H,14,16)(H,15,17). The van der Waals surface area contributed by atoms with Crippen LogP contribution in [-0.2, 0) is 4.79 Å². The lowest BCUT2D eigenvalue weighted by atomic mass is 10.1. The van der Waals surface area contributed by atoms with Crippen LogP contribution < -0.4 is 10.6 Å². The molecule has 0 saturated carbocycles. The second-order valence-corrected chi connectivity index (χ2v) is 4.04. The van der Waals surface area contributed by atoms with E-state index in [0.717, 1.165) is 5.56 Å². The average molecular weight is 234 g/mol.